The van der Waals surface area contributed by atoms with Crippen molar-refractivity contribution in [3.63, 3.8) is 0 Å². The zero-order valence-corrected chi connectivity index (χ0v) is 17.3. The van der Waals surface area contributed by atoms with Gasteiger partial charge in [0.2, 0.25) is 5.91 Å². The Bertz CT molecular complexity index is 913. The van der Waals surface area contributed by atoms with Crippen LogP contribution in [0.5, 0.6) is 11.5 Å². The number of amides is 1. The summed E-state index contributed by atoms with van der Waals surface area (Å²) < 4.78 is 12.9. The van der Waals surface area contributed by atoms with Gasteiger partial charge in [0.25, 0.3) is 0 Å². The van der Waals surface area contributed by atoms with E-state index in [-0.39, 0.29) is 11.7 Å². The number of aromatic nitrogens is 3. The van der Waals surface area contributed by atoms with Crippen molar-refractivity contribution in [2.75, 3.05) is 12.9 Å². The zero-order valence-electron chi connectivity index (χ0n) is 16.5. The Hall–Kier alpha value is -3.00. The van der Waals surface area contributed by atoms with Crippen molar-refractivity contribution in [1.29, 1.82) is 0 Å². The lowest BCUT2D eigenvalue weighted by Crippen LogP contribution is -2.24. The average molecular weight is 413 g/mol. The van der Waals surface area contributed by atoms with Gasteiger partial charge >= 0.3 is 0 Å². The van der Waals surface area contributed by atoms with Gasteiger partial charge in [-0.3, -0.25) is 4.79 Å². The summed E-state index contributed by atoms with van der Waals surface area (Å²) in [6.07, 6.45) is 0. The van der Waals surface area contributed by atoms with Crippen molar-refractivity contribution < 1.29 is 14.3 Å². The molecular weight excluding hydrogens is 388 g/mol. The fraction of sp³-hybridized carbons (Fsp3) is 0.286. The highest BCUT2D eigenvalue weighted by Gasteiger charge is 2.13. The van der Waals surface area contributed by atoms with Crippen LogP contribution in [0.4, 0.5) is 0 Å². The van der Waals surface area contributed by atoms with E-state index < -0.39 is 0 Å². The lowest BCUT2D eigenvalue weighted by atomic mass is 10.2. The molecular formula is C21H24N4O3S. The Labute approximate surface area is 174 Å². The Balaban J connectivity index is 1.51. The number of carbonyl (C=O) groups excluding carboxylic acids is 1. The van der Waals surface area contributed by atoms with Gasteiger partial charge in [-0.25, -0.2) is 0 Å². The Kier molecular flexibility index (Phi) is 7.52. The van der Waals surface area contributed by atoms with Crippen molar-refractivity contribution >= 4 is 17.7 Å². The van der Waals surface area contributed by atoms with Crippen molar-refractivity contribution in [3.8, 4) is 11.5 Å². The standard InChI is InChI=1S/C21H24N4O3S/c1-3-25-19(14-28-18-11-9-17(27-2)10-12-18)23-24-21(25)29-15-20(26)22-13-16-7-5-4-6-8-16/h4-12H,3,13-15H2,1-2H3,(H,22,26). The first-order chi connectivity index (χ1) is 14.2. The van der Waals surface area contributed by atoms with Crippen LogP contribution in [-0.2, 0) is 24.5 Å². The Morgan fingerprint density at radius 3 is 2.48 bits per heavy atom. The molecule has 0 saturated carbocycles. The van der Waals surface area contributed by atoms with Gasteiger partial charge in [0.1, 0.15) is 18.1 Å². The minimum absolute atomic E-state index is 0.0412. The summed E-state index contributed by atoms with van der Waals surface area (Å²) in [7, 11) is 1.63. The minimum Gasteiger partial charge on any atom is -0.497 e. The summed E-state index contributed by atoms with van der Waals surface area (Å²) in [4.78, 5) is 12.1. The highest BCUT2D eigenvalue weighted by Crippen LogP contribution is 2.20. The van der Waals surface area contributed by atoms with Crippen LogP contribution in [0.15, 0.2) is 59.8 Å². The summed E-state index contributed by atoms with van der Waals surface area (Å²) in [5.41, 5.74) is 1.07. The van der Waals surface area contributed by atoms with Gasteiger partial charge in [0, 0.05) is 13.1 Å². The second-order valence-electron chi connectivity index (χ2n) is 6.16. The summed E-state index contributed by atoms with van der Waals surface area (Å²) in [6, 6.07) is 17.2. The first kappa shape index (κ1) is 20.7. The topological polar surface area (TPSA) is 78.3 Å². The molecule has 2 aromatic carbocycles. The molecule has 0 atom stereocenters. The van der Waals surface area contributed by atoms with E-state index in [0.717, 1.165) is 22.9 Å². The normalized spacial score (nSPS) is 10.6. The molecule has 0 spiro atoms. The van der Waals surface area contributed by atoms with Crippen molar-refractivity contribution in [3.05, 3.63) is 66.0 Å². The van der Waals surface area contributed by atoms with Crippen LogP contribution >= 0.6 is 11.8 Å². The molecule has 0 aliphatic heterocycles. The second-order valence-corrected chi connectivity index (χ2v) is 7.10. The molecule has 0 fully saturated rings. The number of nitrogens with one attached hydrogen (secondary N) is 1. The molecule has 29 heavy (non-hydrogen) atoms. The van der Waals surface area contributed by atoms with E-state index in [1.54, 1.807) is 7.11 Å². The van der Waals surface area contributed by atoms with Gasteiger partial charge in [0.05, 0.1) is 12.9 Å². The third kappa shape index (κ3) is 5.99. The lowest BCUT2D eigenvalue weighted by molar-refractivity contribution is -0.118. The average Bonchev–Trinajstić information content (AvgIpc) is 3.17. The molecule has 1 heterocycles. The summed E-state index contributed by atoms with van der Waals surface area (Å²) >= 11 is 1.37. The molecule has 3 rings (SSSR count). The number of nitrogens with zero attached hydrogens (tertiary/aromatic N) is 3. The SMILES string of the molecule is CCn1c(COc2ccc(OC)cc2)nnc1SCC(=O)NCc1ccccc1. The Morgan fingerprint density at radius 1 is 1.07 bits per heavy atom. The van der Waals surface area contributed by atoms with E-state index in [0.29, 0.717) is 24.9 Å². The van der Waals surface area contributed by atoms with Crippen LogP contribution in [0.1, 0.15) is 18.3 Å². The quantitative estimate of drug-likeness (QED) is 0.515. The highest BCUT2D eigenvalue weighted by molar-refractivity contribution is 7.99. The summed E-state index contributed by atoms with van der Waals surface area (Å²) in [6.45, 7) is 3.53. The van der Waals surface area contributed by atoms with E-state index in [4.69, 9.17) is 9.47 Å². The first-order valence-corrected chi connectivity index (χ1v) is 10.3. The maximum atomic E-state index is 12.1. The summed E-state index contributed by atoms with van der Waals surface area (Å²) in [5, 5.41) is 12.1. The van der Waals surface area contributed by atoms with Gasteiger partial charge in [0.15, 0.2) is 11.0 Å². The predicted molar refractivity (Wildman–Crippen MR) is 112 cm³/mol. The molecule has 1 N–H and O–H groups in total. The van der Waals surface area contributed by atoms with Crippen molar-refractivity contribution in [1.82, 2.24) is 20.1 Å². The fourth-order valence-electron chi connectivity index (χ4n) is 2.65. The highest BCUT2D eigenvalue weighted by atomic mass is 32.2. The van der Waals surface area contributed by atoms with Crippen LogP contribution in [0, 0.1) is 0 Å². The largest absolute Gasteiger partial charge is 0.497 e. The van der Waals surface area contributed by atoms with Crippen molar-refractivity contribution in [2.45, 2.75) is 31.8 Å². The maximum Gasteiger partial charge on any atom is 0.230 e. The maximum absolute atomic E-state index is 12.1. The Morgan fingerprint density at radius 2 is 1.79 bits per heavy atom. The van der Waals surface area contributed by atoms with E-state index in [9.17, 15) is 4.79 Å². The predicted octanol–water partition coefficient (Wildman–Crippen LogP) is 3.29. The molecule has 0 bridgehead atoms. The fourth-order valence-corrected chi connectivity index (χ4v) is 3.50. The lowest BCUT2D eigenvalue weighted by Gasteiger charge is -2.09. The number of benzene rings is 2. The van der Waals surface area contributed by atoms with E-state index in [1.807, 2.05) is 66.1 Å². The molecule has 0 unspecified atom stereocenters. The third-order valence-corrected chi connectivity index (χ3v) is 5.17. The molecule has 152 valence electrons. The van der Waals surface area contributed by atoms with Crippen LogP contribution in [0.25, 0.3) is 0 Å². The number of hydrogen-bond acceptors (Lipinski definition) is 6. The third-order valence-electron chi connectivity index (χ3n) is 4.20. The van der Waals surface area contributed by atoms with Crippen LogP contribution < -0.4 is 14.8 Å². The molecule has 3 aromatic rings. The molecule has 0 aliphatic carbocycles. The first-order valence-electron chi connectivity index (χ1n) is 9.32. The van der Waals surface area contributed by atoms with E-state index in [1.165, 1.54) is 11.8 Å². The molecule has 0 saturated heterocycles. The van der Waals surface area contributed by atoms with Crippen LogP contribution in [-0.4, -0.2) is 33.5 Å². The number of carbonyl (C=O) groups is 1. The minimum atomic E-state index is -0.0412. The monoisotopic (exact) mass is 412 g/mol. The van der Waals surface area contributed by atoms with E-state index >= 15 is 0 Å². The number of thioether (sulfide) groups is 1. The zero-order chi connectivity index (χ0) is 20.5. The number of hydrogen-bond donors (Lipinski definition) is 1. The number of rotatable bonds is 10. The van der Waals surface area contributed by atoms with Crippen LogP contribution in [0.2, 0.25) is 0 Å². The van der Waals surface area contributed by atoms with Gasteiger partial charge in [-0.15, -0.1) is 10.2 Å². The molecule has 1 aromatic heterocycles. The van der Waals surface area contributed by atoms with Gasteiger partial charge in [-0.1, -0.05) is 42.1 Å². The van der Waals surface area contributed by atoms with Gasteiger partial charge < -0.3 is 19.4 Å². The molecule has 0 aliphatic rings. The van der Waals surface area contributed by atoms with Crippen LogP contribution in [0.3, 0.4) is 0 Å². The molecule has 1 amide bonds. The van der Waals surface area contributed by atoms with Gasteiger partial charge in [-0.05, 0) is 36.8 Å². The summed E-state index contributed by atoms with van der Waals surface area (Å²) in [5.74, 6) is 2.46. The van der Waals surface area contributed by atoms with E-state index in [2.05, 4.69) is 15.5 Å². The van der Waals surface area contributed by atoms with Gasteiger partial charge in [-0.2, -0.15) is 0 Å². The number of methoxy groups -OCH3 is 1. The number of ether oxygens (including phenoxy) is 2. The van der Waals surface area contributed by atoms with Crippen molar-refractivity contribution in [2.24, 2.45) is 0 Å². The molecule has 7 nitrogen and oxygen atoms in total. The second kappa shape index (κ2) is 10.5. The smallest absolute Gasteiger partial charge is 0.230 e. The molecule has 0 radical (unpaired) electrons. The molecule has 8 heteroatoms.